The summed E-state index contributed by atoms with van der Waals surface area (Å²) in [6, 6.07) is 7.25. The normalized spacial score (nSPS) is 17.4. The van der Waals surface area contributed by atoms with Crippen LogP contribution in [0, 0.1) is 0 Å². The first-order valence-corrected chi connectivity index (χ1v) is 5.89. The van der Waals surface area contributed by atoms with Gasteiger partial charge in [-0.05, 0) is 30.0 Å². The maximum absolute atomic E-state index is 11.2. The third kappa shape index (κ3) is 2.25. The van der Waals surface area contributed by atoms with Gasteiger partial charge in [0.2, 0.25) is 0 Å². The van der Waals surface area contributed by atoms with Gasteiger partial charge in [0, 0.05) is 4.90 Å². The molecular weight excluding hydrogens is 224 g/mol. The minimum absolute atomic E-state index is 0.280. The van der Waals surface area contributed by atoms with Crippen LogP contribution in [0.15, 0.2) is 34.9 Å². The fourth-order valence-corrected chi connectivity index (χ4v) is 1.76. The zero-order valence-electron chi connectivity index (χ0n) is 8.61. The molecular formula is C11H10N2O2S. The average molecular weight is 234 g/mol. The Morgan fingerprint density at radius 1 is 1.12 bits per heavy atom. The van der Waals surface area contributed by atoms with Crippen molar-refractivity contribution in [3.05, 3.63) is 35.5 Å². The smallest absolute Gasteiger partial charge is 0.303 e. The topological polar surface area (TPSA) is 58.2 Å². The zero-order valence-corrected chi connectivity index (χ0v) is 9.43. The lowest BCUT2D eigenvalue weighted by molar-refractivity contribution is -0.115. The first-order valence-electron chi connectivity index (χ1n) is 4.67. The summed E-state index contributed by atoms with van der Waals surface area (Å²) >= 11 is 1.65. The SMILES string of the molecule is CSc1ccc(C=C2NC(=O)NC2=O)cc1. The van der Waals surface area contributed by atoms with E-state index in [0.717, 1.165) is 10.5 Å². The molecule has 4 nitrogen and oxygen atoms in total. The summed E-state index contributed by atoms with van der Waals surface area (Å²) in [7, 11) is 0. The number of nitrogens with one attached hydrogen (secondary N) is 2. The highest BCUT2D eigenvalue weighted by molar-refractivity contribution is 7.98. The van der Waals surface area contributed by atoms with E-state index < -0.39 is 6.03 Å². The molecule has 0 saturated carbocycles. The van der Waals surface area contributed by atoms with E-state index in [0.29, 0.717) is 0 Å². The van der Waals surface area contributed by atoms with Crippen molar-refractivity contribution in [2.75, 3.05) is 6.26 Å². The van der Waals surface area contributed by atoms with Crippen molar-refractivity contribution in [2.24, 2.45) is 0 Å². The van der Waals surface area contributed by atoms with E-state index in [-0.39, 0.29) is 11.6 Å². The van der Waals surface area contributed by atoms with Crippen molar-refractivity contribution in [3.8, 4) is 0 Å². The first-order chi connectivity index (χ1) is 7.69. The van der Waals surface area contributed by atoms with Crippen molar-refractivity contribution in [3.63, 3.8) is 0 Å². The van der Waals surface area contributed by atoms with Gasteiger partial charge in [-0.15, -0.1) is 11.8 Å². The molecule has 1 aromatic rings. The standard InChI is InChI=1S/C11H10N2O2S/c1-16-8-4-2-7(3-5-8)6-9-10(14)13-11(15)12-9/h2-6H,1H3,(H2,12,13,14,15). The molecule has 0 spiro atoms. The van der Waals surface area contributed by atoms with E-state index in [1.54, 1.807) is 17.8 Å². The molecule has 1 aliphatic heterocycles. The molecule has 82 valence electrons. The maximum atomic E-state index is 11.2. The van der Waals surface area contributed by atoms with Gasteiger partial charge in [-0.3, -0.25) is 10.1 Å². The van der Waals surface area contributed by atoms with Crippen molar-refractivity contribution >= 4 is 29.8 Å². The van der Waals surface area contributed by atoms with E-state index in [9.17, 15) is 9.59 Å². The van der Waals surface area contributed by atoms with Crippen LogP contribution in [0.1, 0.15) is 5.56 Å². The fourth-order valence-electron chi connectivity index (χ4n) is 1.35. The molecule has 1 aromatic carbocycles. The number of carbonyl (C=O) groups is 2. The molecule has 2 N–H and O–H groups in total. The van der Waals surface area contributed by atoms with Gasteiger partial charge in [-0.1, -0.05) is 12.1 Å². The Morgan fingerprint density at radius 3 is 2.31 bits per heavy atom. The lowest BCUT2D eigenvalue weighted by Crippen LogP contribution is -2.22. The molecule has 0 aliphatic carbocycles. The van der Waals surface area contributed by atoms with E-state index in [1.807, 2.05) is 30.5 Å². The van der Waals surface area contributed by atoms with Crippen LogP contribution in [-0.4, -0.2) is 18.2 Å². The number of hydrogen-bond acceptors (Lipinski definition) is 3. The van der Waals surface area contributed by atoms with Crippen molar-refractivity contribution < 1.29 is 9.59 Å². The largest absolute Gasteiger partial charge is 0.326 e. The molecule has 1 heterocycles. The Balaban J connectivity index is 2.22. The summed E-state index contributed by atoms with van der Waals surface area (Å²) in [5.41, 5.74) is 1.16. The van der Waals surface area contributed by atoms with Gasteiger partial charge in [0.1, 0.15) is 5.70 Å². The molecule has 0 bridgehead atoms. The Hall–Kier alpha value is -1.75. The predicted octanol–water partition coefficient (Wildman–Crippen LogP) is 1.59. The summed E-state index contributed by atoms with van der Waals surface area (Å²) in [5, 5.41) is 4.59. The van der Waals surface area contributed by atoms with E-state index >= 15 is 0 Å². The highest BCUT2D eigenvalue weighted by atomic mass is 32.2. The summed E-state index contributed by atoms with van der Waals surface area (Å²) in [4.78, 5) is 23.3. The van der Waals surface area contributed by atoms with Crippen LogP contribution in [0.4, 0.5) is 4.79 Å². The lowest BCUT2D eigenvalue weighted by Gasteiger charge is -1.98. The maximum Gasteiger partial charge on any atom is 0.326 e. The second-order valence-corrected chi connectivity index (χ2v) is 4.12. The van der Waals surface area contributed by atoms with Gasteiger partial charge in [0.05, 0.1) is 0 Å². The van der Waals surface area contributed by atoms with E-state index in [4.69, 9.17) is 0 Å². The van der Waals surface area contributed by atoms with Gasteiger partial charge in [0.25, 0.3) is 5.91 Å². The van der Waals surface area contributed by atoms with Crippen molar-refractivity contribution in [1.29, 1.82) is 0 Å². The van der Waals surface area contributed by atoms with Gasteiger partial charge in [0.15, 0.2) is 0 Å². The summed E-state index contributed by atoms with van der Waals surface area (Å²) in [6.45, 7) is 0. The molecule has 1 fully saturated rings. The number of hydrogen-bond donors (Lipinski definition) is 2. The number of rotatable bonds is 2. The van der Waals surface area contributed by atoms with Gasteiger partial charge in [-0.25, -0.2) is 4.79 Å². The van der Waals surface area contributed by atoms with Crippen LogP contribution >= 0.6 is 11.8 Å². The average Bonchev–Trinajstić information content (AvgIpc) is 2.59. The monoisotopic (exact) mass is 234 g/mol. The molecule has 1 aliphatic rings. The van der Waals surface area contributed by atoms with Gasteiger partial charge < -0.3 is 5.32 Å². The van der Waals surface area contributed by atoms with Gasteiger partial charge in [-0.2, -0.15) is 0 Å². The molecule has 0 aromatic heterocycles. The van der Waals surface area contributed by atoms with Crippen LogP contribution in [0.5, 0.6) is 0 Å². The van der Waals surface area contributed by atoms with Crippen LogP contribution in [-0.2, 0) is 4.79 Å². The Morgan fingerprint density at radius 2 is 1.81 bits per heavy atom. The summed E-state index contributed by atoms with van der Waals surface area (Å²) < 4.78 is 0. The number of imide groups is 1. The van der Waals surface area contributed by atoms with E-state index in [2.05, 4.69) is 10.6 Å². The minimum atomic E-state index is -0.475. The second kappa shape index (κ2) is 4.40. The van der Waals surface area contributed by atoms with Crippen LogP contribution in [0.3, 0.4) is 0 Å². The number of urea groups is 1. The number of thioether (sulfide) groups is 1. The fraction of sp³-hybridized carbons (Fsp3) is 0.0909. The number of benzene rings is 1. The third-order valence-electron chi connectivity index (χ3n) is 2.15. The Bertz CT molecular complexity index is 465. The highest BCUT2D eigenvalue weighted by Gasteiger charge is 2.22. The van der Waals surface area contributed by atoms with Crippen LogP contribution in [0.25, 0.3) is 6.08 Å². The molecule has 0 unspecified atom stereocenters. The van der Waals surface area contributed by atoms with Gasteiger partial charge >= 0.3 is 6.03 Å². The van der Waals surface area contributed by atoms with E-state index in [1.165, 1.54) is 0 Å². The summed E-state index contributed by atoms with van der Waals surface area (Å²) in [6.07, 6.45) is 3.64. The summed E-state index contributed by atoms with van der Waals surface area (Å²) in [5.74, 6) is -0.390. The zero-order chi connectivity index (χ0) is 11.5. The van der Waals surface area contributed by atoms with Crippen molar-refractivity contribution in [2.45, 2.75) is 4.90 Å². The predicted molar refractivity (Wildman–Crippen MR) is 62.9 cm³/mol. The highest BCUT2D eigenvalue weighted by Crippen LogP contribution is 2.16. The number of carbonyl (C=O) groups excluding carboxylic acids is 2. The molecule has 16 heavy (non-hydrogen) atoms. The first kappa shape index (κ1) is 10.8. The second-order valence-electron chi connectivity index (χ2n) is 3.24. The number of amides is 3. The molecule has 0 atom stereocenters. The third-order valence-corrected chi connectivity index (χ3v) is 2.89. The Kier molecular flexibility index (Phi) is 2.96. The molecule has 5 heteroatoms. The quantitative estimate of drug-likeness (QED) is 0.464. The minimum Gasteiger partial charge on any atom is -0.303 e. The molecule has 2 rings (SSSR count). The van der Waals surface area contributed by atoms with Crippen molar-refractivity contribution in [1.82, 2.24) is 10.6 Å². The molecule has 0 radical (unpaired) electrons. The molecule has 1 saturated heterocycles. The lowest BCUT2D eigenvalue weighted by atomic mass is 10.2. The molecule has 3 amide bonds. The Labute approximate surface area is 97.1 Å². The van der Waals surface area contributed by atoms with Crippen LogP contribution < -0.4 is 10.6 Å². The van der Waals surface area contributed by atoms with Crippen LogP contribution in [0.2, 0.25) is 0 Å².